The number of nitrogens with one attached hydrogen (secondary N) is 2. The van der Waals surface area contributed by atoms with Crippen LogP contribution in [0.4, 0.5) is 5.95 Å². The third-order valence-electron chi connectivity index (χ3n) is 2.20. The highest BCUT2D eigenvalue weighted by Crippen LogP contribution is 2.01. The maximum Gasteiger partial charge on any atom is 0.242 e. The molecule has 2 N–H and O–H groups in total. The quantitative estimate of drug-likeness (QED) is 0.766. The summed E-state index contributed by atoms with van der Waals surface area (Å²) in [6, 6.07) is 0. The molecule has 0 aliphatic rings. The van der Waals surface area contributed by atoms with Gasteiger partial charge in [0.05, 0.1) is 11.4 Å². The molecule has 0 saturated heterocycles. The number of aromatic nitrogens is 6. The molecule has 0 unspecified atom stereocenters. The van der Waals surface area contributed by atoms with Crippen molar-refractivity contribution in [2.75, 3.05) is 11.9 Å². The minimum absolute atomic E-state index is 0.544. The zero-order valence-corrected chi connectivity index (χ0v) is 9.23. The molecule has 16 heavy (non-hydrogen) atoms. The number of nitrogens with zero attached hydrogens (tertiary/aromatic N) is 5. The van der Waals surface area contributed by atoms with E-state index in [0.29, 0.717) is 12.5 Å². The first-order chi connectivity index (χ1) is 7.75. The van der Waals surface area contributed by atoms with Crippen LogP contribution in [0.1, 0.15) is 17.2 Å². The molecule has 2 aromatic heterocycles. The second kappa shape index (κ2) is 4.65. The summed E-state index contributed by atoms with van der Waals surface area (Å²) in [7, 11) is 0. The van der Waals surface area contributed by atoms with E-state index in [1.54, 1.807) is 0 Å². The van der Waals surface area contributed by atoms with Crippen molar-refractivity contribution in [2.45, 2.75) is 20.3 Å². The van der Waals surface area contributed by atoms with Crippen molar-refractivity contribution >= 4 is 5.95 Å². The Morgan fingerprint density at radius 1 is 1.25 bits per heavy atom. The molecule has 7 nitrogen and oxygen atoms in total. The third-order valence-corrected chi connectivity index (χ3v) is 2.20. The van der Waals surface area contributed by atoms with Gasteiger partial charge in [0.15, 0.2) is 0 Å². The Hall–Kier alpha value is -2.05. The van der Waals surface area contributed by atoms with Crippen LogP contribution in [-0.4, -0.2) is 36.9 Å². The molecule has 0 spiro atoms. The highest BCUT2D eigenvalue weighted by Gasteiger charge is 2.01. The molecule has 0 atom stereocenters. The molecule has 0 aliphatic carbocycles. The van der Waals surface area contributed by atoms with Crippen molar-refractivity contribution < 1.29 is 0 Å². The molecule has 2 rings (SSSR count). The number of anilines is 1. The van der Waals surface area contributed by atoms with E-state index in [0.717, 1.165) is 23.6 Å². The van der Waals surface area contributed by atoms with Crippen LogP contribution in [0.2, 0.25) is 0 Å². The monoisotopic (exact) mass is 219 g/mol. The lowest BCUT2D eigenvalue weighted by molar-refractivity contribution is 0.855. The summed E-state index contributed by atoms with van der Waals surface area (Å²) >= 11 is 0. The number of hydrogen-bond acceptors (Lipinski definition) is 6. The number of rotatable bonds is 4. The van der Waals surface area contributed by atoms with Crippen LogP contribution in [0.15, 0.2) is 6.33 Å². The fourth-order valence-corrected chi connectivity index (χ4v) is 1.18. The van der Waals surface area contributed by atoms with Gasteiger partial charge in [-0.15, -0.1) is 5.10 Å². The minimum atomic E-state index is 0.544. The Kier molecular flexibility index (Phi) is 3.04. The van der Waals surface area contributed by atoms with Gasteiger partial charge < -0.3 is 5.32 Å². The van der Waals surface area contributed by atoms with Gasteiger partial charge in [-0.05, 0) is 13.8 Å². The molecule has 84 valence electrons. The Morgan fingerprint density at radius 2 is 2.12 bits per heavy atom. The Bertz CT molecular complexity index is 451. The first-order valence-electron chi connectivity index (χ1n) is 5.02. The van der Waals surface area contributed by atoms with E-state index in [9.17, 15) is 0 Å². The number of aryl methyl sites for hydroxylation is 2. The van der Waals surface area contributed by atoms with Gasteiger partial charge in [-0.3, -0.25) is 5.10 Å². The second-order valence-electron chi connectivity index (χ2n) is 3.42. The topological polar surface area (TPSA) is 92.3 Å². The fourth-order valence-electron chi connectivity index (χ4n) is 1.18. The maximum absolute atomic E-state index is 4.26. The van der Waals surface area contributed by atoms with Gasteiger partial charge in [-0.1, -0.05) is 0 Å². The second-order valence-corrected chi connectivity index (χ2v) is 3.42. The van der Waals surface area contributed by atoms with E-state index in [4.69, 9.17) is 0 Å². The van der Waals surface area contributed by atoms with Gasteiger partial charge in [0.1, 0.15) is 12.2 Å². The SMILES string of the molecule is Cc1nnc(NCCc2ncn[nH]2)nc1C. The smallest absolute Gasteiger partial charge is 0.242 e. The lowest BCUT2D eigenvalue weighted by atomic mass is 10.4. The van der Waals surface area contributed by atoms with Gasteiger partial charge in [-0.25, -0.2) is 9.97 Å². The Morgan fingerprint density at radius 3 is 2.81 bits per heavy atom. The summed E-state index contributed by atoms with van der Waals surface area (Å²) in [5, 5.41) is 17.6. The molecule has 2 aromatic rings. The van der Waals surface area contributed by atoms with Crippen LogP contribution in [0.3, 0.4) is 0 Å². The lowest BCUT2D eigenvalue weighted by Crippen LogP contribution is -2.10. The Labute approximate surface area is 92.7 Å². The number of hydrogen-bond donors (Lipinski definition) is 2. The van der Waals surface area contributed by atoms with E-state index in [2.05, 4.69) is 35.7 Å². The van der Waals surface area contributed by atoms with Crippen molar-refractivity contribution in [1.82, 2.24) is 30.4 Å². The normalized spacial score (nSPS) is 10.4. The highest BCUT2D eigenvalue weighted by molar-refractivity contribution is 5.24. The molecular weight excluding hydrogens is 206 g/mol. The lowest BCUT2D eigenvalue weighted by Gasteiger charge is -2.03. The standard InChI is InChI=1S/C9H13N7/c1-6-7(2)14-16-9(13-6)10-4-3-8-11-5-12-15-8/h5H,3-4H2,1-2H3,(H,10,13,16)(H,11,12,15). The third kappa shape index (κ3) is 2.50. The number of H-pyrrole nitrogens is 1. The molecule has 2 heterocycles. The summed E-state index contributed by atoms with van der Waals surface area (Å²) in [5.41, 5.74) is 1.73. The molecular formula is C9H13N7. The first-order valence-corrected chi connectivity index (χ1v) is 5.02. The van der Waals surface area contributed by atoms with Crippen LogP contribution in [0.25, 0.3) is 0 Å². The van der Waals surface area contributed by atoms with Gasteiger partial charge >= 0.3 is 0 Å². The summed E-state index contributed by atoms with van der Waals surface area (Å²) in [6.45, 7) is 4.48. The van der Waals surface area contributed by atoms with E-state index in [1.807, 2.05) is 13.8 Å². The zero-order chi connectivity index (χ0) is 11.4. The summed E-state index contributed by atoms with van der Waals surface area (Å²) in [5.74, 6) is 1.38. The van der Waals surface area contributed by atoms with E-state index in [-0.39, 0.29) is 0 Å². The van der Waals surface area contributed by atoms with Crippen LogP contribution in [0, 0.1) is 13.8 Å². The van der Waals surface area contributed by atoms with Gasteiger partial charge in [0.25, 0.3) is 0 Å². The molecule has 0 aliphatic heterocycles. The van der Waals surface area contributed by atoms with Crippen LogP contribution >= 0.6 is 0 Å². The van der Waals surface area contributed by atoms with Crippen molar-refractivity contribution in [3.8, 4) is 0 Å². The van der Waals surface area contributed by atoms with Crippen LogP contribution in [-0.2, 0) is 6.42 Å². The predicted octanol–water partition coefficient (Wildman–Crippen LogP) is 0.261. The molecule has 0 saturated carbocycles. The van der Waals surface area contributed by atoms with E-state index < -0.39 is 0 Å². The molecule has 7 heteroatoms. The summed E-state index contributed by atoms with van der Waals surface area (Å²) in [4.78, 5) is 8.28. The van der Waals surface area contributed by atoms with E-state index in [1.165, 1.54) is 6.33 Å². The first kappa shape index (κ1) is 10.5. The van der Waals surface area contributed by atoms with Crippen molar-refractivity contribution in [2.24, 2.45) is 0 Å². The molecule has 0 fully saturated rings. The molecule has 0 amide bonds. The summed E-state index contributed by atoms with van der Waals surface area (Å²) in [6.07, 6.45) is 2.24. The largest absolute Gasteiger partial charge is 0.352 e. The Balaban J connectivity index is 1.87. The van der Waals surface area contributed by atoms with Gasteiger partial charge in [0.2, 0.25) is 5.95 Å². The average Bonchev–Trinajstić information content (AvgIpc) is 2.76. The van der Waals surface area contributed by atoms with Crippen LogP contribution < -0.4 is 5.32 Å². The minimum Gasteiger partial charge on any atom is -0.352 e. The van der Waals surface area contributed by atoms with Crippen LogP contribution in [0.5, 0.6) is 0 Å². The molecule has 0 radical (unpaired) electrons. The van der Waals surface area contributed by atoms with Gasteiger partial charge in [-0.2, -0.15) is 10.2 Å². The zero-order valence-electron chi connectivity index (χ0n) is 9.23. The van der Waals surface area contributed by atoms with Crippen molar-refractivity contribution in [3.63, 3.8) is 0 Å². The molecule has 0 aromatic carbocycles. The van der Waals surface area contributed by atoms with Crippen molar-refractivity contribution in [3.05, 3.63) is 23.5 Å². The summed E-state index contributed by atoms with van der Waals surface area (Å²) < 4.78 is 0. The van der Waals surface area contributed by atoms with Gasteiger partial charge in [0, 0.05) is 13.0 Å². The fraction of sp³-hybridized carbons (Fsp3) is 0.444. The van der Waals surface area contributed by atoms with E-state index >= 15 is 0 Å². The number of aromatic amines is 1. The molecule has 0 bridgehead atoms. The van der Waals surface area contributed by atoms with Crippen molar-refractivity contribution in [1.29, 1.82) is 0 Å². The maximum atomic E-state index is 4.26. The highest BCUT2D eigenvalue weighted by atomic mass is 15.2. The average molecular weight is 219 g/mol. The predicted molar refractivity (Wildman–Crippen MR) is 57.9 cm³/mol.